The van der Waals surface area contributed by atoms with Gasteiger partial charge < -0.3 is 5.32 Å². The number of carbonyl (C=O) groups is 1. The Labute approximate surface area is 101 Å². The van der Waals surface area contributed by atoms with E-state index in [2.05, 4.69) is 26.2 Å². The lowest BCUT2D eigenvalue weighted by atomic mass is 10.2. The minimum Gasteiger partial charge on any atom is -0.351 e. The Hall–Kier alpha value is -0.990. The molecule has 0 aliphatic heterocycles. The number of carbonyl (C=O) groups excluding carboxylic acids is 1. The standard InChI is InChI=1S/C8H10BrN3O3S/c9-7-5-6(1-2-11-7)8(13)12-3-4-16(10,14)15/h1-2,5H,3-4H2,(H,12,13)(H2,10,14,15). The van der Waals surface area contributed by atoms with Crippen molar-refractivity contribution in [2.75, 3.05) is 12.3 Å². The highest BCUT2D eigenvalue weighted by atomic mass is 79.9. The topological polar surface area (TPSA) is 102 Å². The van der Waals surface area contributed by atoms with Crippen molar-refractivity contribution in [3.63, 3.8) is 0 Å². The Bertz CT molecular complexity index is 489. The van der Waals surface area contributed by atoms with Crippen LogP contribution < -0.4 is 10.5 Å². The van der Waals surface area contributed by atoms with Crippen molar-refractivity contribution in [1.82, 2.24) is 10.3 Å². The third kappa shape index (κ3) is 4.69. The molecule has 1 heterocycles. The fourth-order valence-electron chi connectivity index (χ4n) is 0.953. The third-order valence-electron chi connectivity index (χ3n) is 1.66. The predicted octanol–water partition coefficient (Wildman–Crippen LogP) is -0.138. The second-order valence-corrected chi connectivity index (χ2v) is 5.54. The number of pyridine rings is 1. The molecule has 0 saturated carbocycles. The molecular formula is C8H10BrN3O3S. The molecule has 0 aliphatic rings. The van der Waals surface area contributed by atoms with E-state index in [4.69, 9.17) is 5.14 Å². The van der Waals surface area contributed by atoms with Crippen LogP contribution in [0.2, 0.25) is 0 Å². The summed E-state index contributed by atoms with van der Waals surface area (Å²) in [5.41, 5.74) is 0.399. The van der Waals surface area contributed by atoms with Gasteiger partial charge in [-0.2, -0.15) is 0 Å². The number of amides is 1. The van der Waals surface area contributed by atoms with Gasteiger partial charge in [0.2, 0.25) is 10.0 Å². The van der Waals surface area contributed by atoms with Crippen molar-refractivity contribution < 1.29 is 13.2 Å². The summed E-state index contributed by atoms with van der Waals surface area (Å²) in [6, 6.07) is 3.06. The van der Waals surface area contributed by atoms with E-state index < -0.39 is 10.0 Å². The molecule has 0 atom stereocenters. The molecule has 0 aliphatic carbocycles. The van der Waals surface area contributed by atoms with Gasteiger partial charge in [0.05, 0.1) is 5.75 Å². The first-order valence-electron chi connectivity index (χ1n) is 4.29. The summed E-state index contributed by atoms with van der Waals surface area (Å²) in [7, 11) is -3.55. The maximum Gasteiger partial charge on any atom is 0.251 e. The Balaban J connectivity index is 2.54. The van der Waals surface area contributed by atoms with Crippen LogP contribution in [0.5, 0.6) is 0 Å². The normalized spacial score (nSPS) is 11.1. The molecule has 1 aromatic heterocycles. The van der Waals surface area contributed by atoms with Crippen LogP contribution >= 0.6 is 15.9 Å². The maximum atomic E-state index is 11.5. The van der Waals surface area contributed by atoms with E-state index >= 15 is 0 Å². The number of sulfonamides is 1. The molecule has 3 N–H and O–H groups in total. The number of primary sulfonamides is 1. The molecule has 0 saturated heterocycles. The second-order valence-electron chi connectivity index (χ2n) is 2.99. The number of aromatic nitrogens is 1. The summed E-state index contributed by atoms with van der Waals surface area (Å²) >= 11 is 3.12. The average molecular weight is 308 g/mol. The summed E-state index contributed by atoms with van der Waals surface area (Å²) in [5, 5.41) is 7.22. The zero-order valence-corrected chi connectivity index (χ0v) is 10.6. The quantitative estimate of drug-likeness (QED) is 0.756. The minimum atomic E-state index is -3.55. The molecule has 1 aromatic rings. The van der Waals surface area contributed by atoms with Crippen LogP contribution in [0, 0.1) is 0 Å². The Morgan fingerprint density at radius 1 is 1.56 bits per heavy atom. The van der Waals surface area contributed by atoms with Crippen LogP contribution in [0.25, 0.3) is 0 Å². The summed E-state index contributed by atoms with van der Waals surface area (Å²) in [6.45, 7) is -0.0163. The predicted molar refractivity (Wildman–Crippen MR) is 62.2 cm³/mol. The van der Waals surface area contributed by atoms with E-state index in [0.29, 0.717) is 10.2 Å². The van der Waals surface area contributed by atoms with Gasteiger partial charge in [-0.05, 0) is 28.1 Å². The van der Waals surface area contributed by atoms with Gasteiger partial charge in [-0.1, -0.05) is 0 Å². The monoisotopic (exact) mass is 307 g/mol. The molecule has 0 radical (unpaired) electrons. The van der Waals surface area contributed by atoms with Crippen molar-refractivity contribution in [1.29, 1.82) is 0 Å². The number of nitrogens with two attached hydrogens (primary N) is 1. The van der Waals surface area contributed by atoms with Crippen LogP contribution in [0.1, 0.15) is 10.4 Å². The summed E-state index contributed by atoms with van der Waals surface area (Å²) in [6.07, 6.45) is 1.47. The van der Waals surface area contributed by atoms with E-state index in [0.717, 1.165) is 0 Å². The number of nitrogens with zero attached hydrogens (tertiary/aromatic N) is 1. The number of nitrogens with one attached hydrogen (secondary N) is 1. The van der Waals surface area contributed by atoms with E-state index in [1.807, 2.05) is 0 Å². The summed E-state index contributed by atoms with van der Waals surface area (Å²) in [5.74, 6) is -0.655. The van der Waals surface area contributed by atoms with Gasteiger partial charge in [-0.25, -0.2) is 18.5 Å². The number of hydrogen-bond donors (Lipinski definition) is 2. The van der Waals surface area contributed by atoms with Gasteiger partial charge >= 0.3 is 0 Å². The van der Waals surface area contributed by atoms with Crippen molar-refractivity contribution in [2.45, 2.75) is 0 Å². The van der Waals surface area contributed by atoms with Crippen LogP contribution in [0.15, 0.2) is 22.9 Å². The average Bonchev–Trinajstić information content (AvgIpc) is 2.15. The molecule has 0 bridgehead atoms. The second kappa shape index (κ2) is 5.37. The zero-order valence-electron chi connectivity index (χ0n) is 8.18. The fraction of sp³-hybridized carbons (Fsp3) is 0.250. The maximum absolute atomic E-state index is 11.5. The van der Waals surface area contributed by atoms with Gasteiger partial charge in [0.15, 0.2) is 0 Å². The van der Waals surface area contributed by atoms with E-state index in [9.17, 15) is 13.2 Å². The first kappa shape index (κ1) is 13.1. The molecule has 0 aromatic carbocycles. The van der Waals surface area contributed by atoms with Gasteiger partial charge in [0, 0.05) is 18.3 Å². The minimum absolute atomic E-state index is 0.0163. The first-order chi connectivity index (χ1) is 7.38. The Morgan fingerprint density at radius 3 is 2.81 bits per heavy atom. The smallest absolute Gasteiger partial charge is 0.251 e. The lowest BCUT2D eigenvalue weighted by Gasteiger charge is -2.04. The molecule has 0 unspecified atom stereocenters. The van der Waals surface area contributed by atoms with Crippen molar-refractivity contribution in [2.24, 2.45) is 5.14 Å². The highest BCUT2D eigenvalue weighted by Gasteiger charge is 2.07. The number of rotatable bonds is 4. The molecule has 1 amide bonds. The molecule has 0 spiro atoms. The molecule has 8 heteroatoms. The van der Waals surface area contributed by atoms with Crippen LogP contribution in [-0.4, -0.2) is 31.6 Å². The Morgan fingerprint density at radius 2 is 2.25 bits per heavy atom. The SMILES string of the molecule is NS(=O)(=O)CCNC(=O)c1ccnc(Br)c1. The van der Waals surface area contributed by atoms with Crippen molar-refractivity contribution in [3.05, 3.63) is 28.5 Å². The van der Waals surface area contributed by atoms with E-state index in [1.54, 1.807) is 0 Å². The lowest BCUT2D eigenvalue weighted by Crippen LogP contribution is -2.31. The Kier molecular flexibility index (Phi) is 4.39. The zero-order chi connectivity index (χ0) is 12.2. The van der Waals surface area contributed by atoms with Crippen molar-refractivity contribution >= 4 is 31.9 Å². The summed E-state index contributed by atoms with van der Waals surface area (Å²) < 4.78 is 21.8. The molecular weight excluding hydrogens is 298 g/mol. The van der Waals surface area contributed by atoms with Gasteiger partial charge in [0.25, 0.3) is 5.91 Å². The van der Waals surface area contributed by atoms with Gasteiger partial charge in [0.1, 0.15) is 4.60 Å². The number of hydrogen-bond acceptors (Lipinski definition) is 4. The third-order valence-corrected chi connectivity index (χ3v) is 2.87. The van der Waals surface area contributed by atoms with E-state index in [-0.39, 0.29) is 18.2 Å². The highest BCUT2D eigenvalue weighted by Crippen LogP contribution is 2.07. The van der Waals surface area contributed by atoms with Gasteiger partial charge in [-0.15, -0.1) is 0 Å². The van der Waals surface area contributed by atoms with Crippen LogP contribution in [-0.2, 0) is 10.0 Å². The first-order valence-corrected chi connectivity index (χ1v) is 6.79. The molecule has 0 fully saturated rings. The summed E-state index contributed by atoms with van der Waals surface area (Å²) in [4.78, 5) is 15.3. The molecule has 1 rings (SSSR count). The fourth-order valence-corrected chi connectivity index (χ4v) is 1.70. The van der Waals surface area contributed by atoms with Crippen LogP contribution in [0.3, 0.4) is 0 Å². The van der Waals surface area contributed by atoms with Crippen LogP contribution in [0.4, 0.5) is 0 Å². The highest BCUT2D eigenvalue weighted by molar-refractivity contribution is 9.10. The largest absolute Gasteiger partial charge is 0.351 e. The van der Waals surface area contributed by atoms with E-state index in [1.165, 1.54) is 18.3 Å². The lowest BCUT2D eigenvalue weighted by molar-refractivity contribution is 0.0956. The van der Waals surface area contributed by atoms with Crippen molar-refractivity contribution in [3.8, 4) is 0 Å². The number of halogens is 1. The molecule has 6 nitrogen and oxygen atoms in total. The van der Waals surface area contributed by atoms with Gasteiger partial charge in [-0.3, -0.25) is 4.79 Å². The molecule has 16 heavy (non-hydrogen) atoms. The molecule has 88 valence electrons.